The molecular weight excluding hydrogens is 218 g/mol. The largest absolute Gasteiger partial charge is 0.394 e. The Morgan fingerprint density at radius 1 is 1.53 bits per heavy atom. The summed E-state index contributed by atoms with van der Waals surface area (Å²) in [7, 11) is 0. The van der Waals surface area contributed by atoms with Crippen LogP contribution in [-0.2, 0) is 0 Å². The van der Waals surface area contributed by atoms with Gasteiger partial charge in [-0.1, -0.05) is 17.7 Å². The zero-order valence-electron chi connectivity index (χ0n) is 7.98. The summed E-state index contributed by atoms with van der Waals surface area (Å²) >= 11 is 5.71. The molecule has 1 aromatic rings. The smallest absolute Gasteiger partial charge is 0.251 e. The van der Waals surface area contributed by atoms with E-state index in [9.17, 15) is 4.79 Å². The Morgan fingerprint density at radius 3 is 2.87 bits per heavy atom. The van der Waals surface area contributed by atoms with Gasteiger partial charge in [0.15, 0.2) is 0 Å². The molecule has 0 saturated carbocycles. The minimum Gasteiger partial charge on any atom is -0.394 e. The average molecular weight is 230 g/mol. The van der Waals surface area contributed by atoms with Crippen molar-refractivity contribution in [2.75, 3.05) is 13.2 Å². The van der Waals surface area contributed by atoms with E-state index in [0.717, 1.165) is 0 Å². The highest BCUT2D eigenvalue weighted by atomic mass is 35.5. The molecule has 0 saturated heterocycles. The van der Waals surface area contributed by atoms with Crippen molar-refractivity contribution in [3.8, 4) is 0 Å². The Bertz CT molecular complexity index is 343. The van der Waals surface area contributed by atoms with E-state index in [4.69, 9.17) is 21.8 Å². The Labute approximate surface area is 92.5 Å². The lowest BCUT2D eigenvalue weighted by molar-refractivity contribution is 0.0802. The molecular formula is C10H12ClNO3. The summed E-state index contributed by atoms with van der Waals surface area (Å²) in [6.07, 6.45) is -0.937. The molecule has 1 atom stereocenters. The van der Waals surface area contributed by atoms with Crippen LogP contribution in [0.25, 0.3) is 0 Å². The summed E-state index contributed by atoms with van der Waals surface area (Å²) in [6, 6.07) is 6.48. The van der Waals surface area contributed by atoms with Gasteiger partial charge in [0.25, 0.3) is 5.91 Å². The summed E-state index contributed by atoms with van der Waals surface area (Å²) in [5.41, 5.74) is 0.424. The van der Waals surface area contributed by atoms with Crippen LogP contribution >= 0.6 is 11.6 Å². The van der Waals surface area contributed by atoms with Crippen LogP contribution in [0.2, 0.25) is 5.02 Å². The van der Waals surface area contributed by atoms with Crippen molar-refractivity contribution >= 4 is 17.5 Å². The number of amides is 1. The summed E-state index contributed by atoms with van der Waals surface area (Å²) in [5, 5.41) is 20.5. The zero-order valence-corrected chi connectivity index (χ0v) is 8.74. The number of halogens is 1. The van der Waals surface area contributed by atoms with Crippen LogP contribution < -0.4 is 5.32 Å². The fourth-order valence-electron chi connectivity index (χ4n) is 1.01. The van der Waals surface area contributed by atoms with E-state index in [1.165, 1.54) is 6.07 Å². The van der Waals surface area contributed by atoms with Crippen LogP contribution in [0.5, 0.6) is 0 Å². The highest BCUT2D eigenvalue weighted by molar-refractivity contribution is 6.30. The van der Waals surface area contributed by atoms with E-state index < -0.39 is 6.10 Å². The van der Waals surface area contributed by atoms with Crippen molar-refractivity contribution < 1.29 is 15.0 Å². The highest BCUT2D eigenvalue weighted by Crippen LogP contribution is 2.10. The van der Waals surface area contributed by atoms with Crippen LogP contribution in [0.1, 0.15) is 10.4 Å². The van der Waals surface area contributed by atoms with Gasteiger partial charge in [-0.25, -0.2) is 0 Å². The molecule has 0 aromatic heterocycles. The van der Waals surface area contributed by atoms with Crippen LogP contribution in [0.4, 0.5) is 0 Å². The van der Waals surface area contributed by atoms with Crippen molar-refractivity contribution in [2.24, 2.45) is 0 Å². The molecule has 1 rings (SSSR count). The topological polar surface area (TPSA) is 69.6 Å². The van der Waals surface area contributed by atoms with Gasteiger partial charge in [0, 0.05) is 17.1 Å². The Kier molecular flexibility index (Phi) is 4.55. The second-order valence-corrected chi connectivity index (χ2v) is 3.49. The Hall–Kier alpha value is -1.10. The second kappa shape index (κ2) is 5.70. The van der Waals surface area contributed by atoms with Gasteiger partial charge < -0.3 is 15.5 Å². The monoisotopic (exact) mass is 229 g/mol. The number of hydrogen-bond donors (Lipinski definition) is 3. The number of nitrogens with one attached hydrogen (secondary N) is 1. The maximum atomic E-state index is 11.5. The van der Waals surface area contributed by atoms with E-state index in [0.29, 0.717) is 10.6 Å². The maximum Gasteiger partial charge on any atom is 0.251 e. The van der Waals surface area contributed by atoms with Gasteiger partial charge in [0.1, 0.15) is 0 Å². The number of carbonyl (C=O) groups excluding carboxylic acids is 1. The first-order valence-corrected chi connectivity index (χ1v) is 4.84. The molecule has 1 unspecified atom stereocenters. The summed E-state index contributed by atoms with van der Waals surface area (Å²) in [6.45, 7) is -0.363. The van der Waals surface area contributed by atoms with Gasteiger partial charge >= 0.3 is 0 Å². The number of aliphatic hydroxyl groups is 2. The SMILES string of the molecule is O=C(NCC(O)CO)c1cccc(Cl)c1. The second-order valence-electron chi connectivity index (χ2n) is 3.06. The highest BCUT2D eigenvalue weighted by Gasteiger charge is 2.07. The van der Waals surface area contributed by atoms with Crippen LogP contribution in [0, 0.1) is 0 Å². The summed E-state index contributed by atoms with van der Waals surface area (Å²) < 4.78 is 0. The van der Waals surface area contributed by atoms with Gasteiger partial charge in [-0.3, -0.25) is 4.79 Å². The fraction of sp³-hybridized carbons (Fsp3) is 0.300. The maximum absolute atomic E-state index is 11.5. The molecule has 3 N–H and O–H groups in total. The first-order valence-electron chi connectivity index (χ1n) is 4.46. The third-order valence-corrected chi connectivity index (χ3v) is 2.03. The van der Waals surface area contributed by atoms with Gasteiger partial charge in [-0.15, -0.1) is 0 Å². The lowest BCUT2D eigenvalue weighted by atomic mass is 10.2. The first kappa shape index (κ1) is 12.0. The number of aliphatic hydroxyl groups excluding tert-OH is 2. The Balaban J connectivity index is 2.54. The van der Waals surface area contributed by atoms with Crippen molar-refractivity contribution in [3.05, 3.63) is 34.9 Å². The molecule has 5 heteroatoms. The third-order valence-electron chi connectivity index (χ3n) is 1.80. The normalized spacial score (nSPS) is 12.2. The van der Waals surface area contributed by atoms with Crippen LogP contribution in [-0.4, -0.2) is 35.4 Å². The molecule has 0 radical (unpaired) electrons. The Morgan fingerprint density at radius 2 is 2.27 bits per heavy atom. The molecule has 0 spiro atoms. The number of rotatable bonds is 4. The summed E-state index contributed by atoms with van der Waals surface area (Å²) in [5.74, 6) is -0.329. The van der Waals surface area contributed by atoms with Gasteiger partial charge in [-0.05, 0) is 18.2 Å². The lowest BCUT2D eigenvalue weighted by Crippen LogP contribution is -2.33. The average Bonchev–Trinajstić information content (AvgIpc) is 2.25. The van der Waals surface area contributed by atoms with E-state index in [2.05, 4.69) is 5.32 Å². The minimum atomic E-state index is -0.937. The van der Waals surface area contributed by atoms with Crippen LogP contribution in [0.3, 0.4) is 0 Å². The molecule has 1 amide bonds. The number of carbonyl (C=O) groups is 1. The quantitative estimate of drug-likeness (QED) is 0.701. The van der Waals surface area contributed by atoms with Gasteiger partial charge in [-0.2, -0.15) is 0 Å². The van der Waals surface area contributed by atoms with E-state index in [-0.39, 0.29) is 19.1 Å². The van der Waals surface area contributed by atoms with E-state index >= 15 is 0 Å². The molecule has 15 heavy (non-hydrogen) atoms. The van der Waals surface area contributed by atoms with Gasteiger partial charge in [0.05, 0.1) is 12.7 Å². The molecule has 4 nitrogen and oxygen atoms in total. The van der Waals surface area contributed by atoms with E-state index in [1.54, 1.807) is 18.2 Å². The molecule has 0 aliphatic rings. The number of benzene rings is 1. The lowest BCUT2D eigenvalue weighted by Gasteiger charge is -2.08. The molecule has 82 valence electrons. The first-order chi connectivity index (χ1) is 7.13. The van der Waals surface area contributed by atoms with Crippen molar-refractivity contribution in [1.29, 1.82) is 0 Å². The zero-order chi connectivity index (χ0) is 11.3. The molecule has 0 heterocycles. The minimum absolute atomic E-state index is 0.0157. The molecule has 0 fully saturated rings. The third kappa shape index (κ3) is 3.87. The summed E-state index contributed by atoms with van der Waals surface area (Å²) in [4.78, 5) is 11.5. The molecule has 0 bridgehead atoms. The predicted molar refractivity (Wildman–Crippen MR) is 56.9 cm³/mol. The molecule has 0 aliphatic carbocycles. The standard InChI is InChI=1S/C10H12ClNO3/c11-8-3-1-2-7(4-8)10(15)12-5-9(14)6-13/h1-4,9,13-14H,5-6H2,(H,12,15). The predicted octanol–water partition coefficient (Wildman–Crippen LogP) is 0.423. The molecule has 1 aromatic carbocycles. The molecule has 0 aliphatic heterocycles. The van der Waals surface area contributed by atoms with Crippen molar-refractivity contribution in [2.45, 2.75) is 6.10 Å². The number of hydrogen-bond acceptors (Lipinski definition) is 3. The van der Waals surface area contributed by atoms with Crippen LogP contribution in [0.15, 0.2) is 24.3 Å². The fourth-order valence-corrected chi connectivity index (χ4v) is 1.20. The van der Waals surface area contributed by atoms with Gasteiger partial charge in [0.2, 0.25) is 0 Å². The van der Waals surface area contributed by atoms with Crippen molar-refractivity contribution in [3.63, 3.8) is 0 Å². The van der Waals surface area contributed by atoms with E-state index in [1.807, 2.05) is 0 Å². The van der Waals surface area contributed by atoms with Crippen molar-refractivity contribution in [1.82, 2.24) is 5.32 Å².